The zero-order chi connectivity index (χ0) is 9.07. The number of carbonyl (C=O) groups is 1. The van der Waals surface area contributed by atoms with E-state index in [4.69, 9.17) is 0 Å². The molecule has 0 fully saturated rings. The van der Waals surface area contributed by atoms with Crippen LogP contribution in [-0.4, -0.2) is 12.0 Å². The summed E-state index contributed by atoms with van der Waals surface area (Å²) in [6.07, 6.45) is -3.55. The number of hydrogen-bond acceptors (Lipinski definition) is 1. The van der Waals surface area contributed by atoms with Gasteiger partial charge in [0, 0.05) is 12.0 Å². The first-order chi connectivity index (χ1) is 4.84. The van der Waals surface area contributed by atoms with Crippen molar-refractivity contribution in [2.75, 3.05) is 0 Å². The molecule has 0 atom stereocenters. The first-order valence-corrected chi connectivity index (χ1v) is 3.07. The predicted octanol–water partition coefficient (Wildman–Crippen LogP) is 2.47. The Balaban J connectivity index is 4.12. The number of carbonyl (C=O) groups excluding carboxylic acids is 1. The maximum absolute atomic E-state index is 11.7. The van der Waals surface area contributed by atoms with Crippen LogP contribution < -0.4 is 0 Å². The van der Waals surface area contributed by atoms with E-state index in [0.717, 1.165) is 13.0 Å². The Hall–Kier alpha value is -0.800. The molecule has 0 aliphatic rings. The summed E-state index contributed by atoms with van der Waals surface area (Å²) in [6, 6.07) is 0. The summed E-state index contributed by atoms with van der Waals surface area (Å²) in [5, 5.41) is 0. The highest BCUT2D eigenvalue weighted by Gasteiger charge is 2.29. The minimum absolute atomic E-state index is 0.147. The fourth-order valence-electron chi connectivity index (χ4n) is 0.413. The van der Waals surface area contributed by atoms with Gasteiger partial charge in [-0.05, 0) is 13.8 Å². The van der Waals surface area contributed by atoms with Gasteiger partial charge in [0.05, 0.1) is 0 Å². The van der Waals surface area contributed by atoms with E-state index in [9.17, 15) is 18.0 Å². The fourth-order valence-corrected chi connectivity index (χ4v) is 0.413. The number of hydrogen-bond donors (Lipinski definition) is 0. The molecule has 0 aliphatic carbocycles. The summed E-state index contributed by atoms with van der Waals surface area (Å²) < 4.78 is 35.2. The van der Waals surface area contributed by atoms with Gasteiger partial charge >= 0.3 is 6.18 Å². The van der Waals surface area contributed by atoms with Gasteiger partial charge in [0.2, 0.25) is 0 Å². The standard InChI is InChI=1S/C7H9F3O/c1-5(7(8,9)10)3-4-6(2)11/h3H,4H2,1-2H3. The predicted molar refractivity (Wildman–Crippen MR) is 35.1 cm³/mol. The number of ketones is 1. The van der Waals surface area contributed by atoms with Crippen molar-refractivity contribution >= 4 is 5.78 Å². The molecule has 0 saturated heterocycles. The second-order valence-corrected chi connectivity index (χ2v) is 2.29. The molecule has 1 nitrogen and oxygen atoms in total. The molecule has 0 amide bonds. The van der Waals surface area contributed by atoms with E-state index in [1.165, 1.54) is 6.92 Å². The number of halogens is 3. The van der Waals surface area contributed by atoms with Gasteiger partial charge in [-0.3, -0.25) is 4.79 Å². The Morgan fingerprint density at radius 2 is 1.82 bits per heavy atom. The van der Waals surface area contributed by atoms with Crippen LogP contribution in [0.15, 0.2) is 11.6 Å². The van der Waals surface area contributed by atoms with Crippen LogP contribution in [0.4, 0.5) is 13.2 Å². The molecular formula is C7H9F3O. The van der Waals surface area contributed by atoms with E-state index in [1.807, 2.05) is 0 Å². The van der Waals surface area contributed by atoms with E-state index in [0.29, 0.717) is 0 Å². The Labute approximate surface area is 62.9 Å². The zero-order valence-corrected chi connectivity index (χ0v) is 6.33. The molecule has 0 radical (unpaired) electrons. The first-order valence-electron chi connectivity index (χ1n) is 3.07. The molecule has 0 unspecified atom stereocenters. The van der Waals surface area contributed by atoms with Gasteiger partial charge in [0.15, 0.2) is 0 Å². The van der Waals surface area contributed by atoms with Gasteiger partial charge < -0.3 is 0 Å². The monoisotopic (exact) mass is 166 g/mol. The maximum Gasteiger partial charge on any atom is 0.412 e. The molecule has 11 heavy (non-hydrogen) atoms. The smallest absolute Gasteiger partial charge is 0.300 e. The molecule has 0 heterocycles. The van der Waals surface area contributed by atoms with Crippen LogP contribution in [0.1, 0.15) is 20.3 Å². The average molecular weight is 166 g/mol. The van der Waals surface area contributed by atoms with Crippen LogP contribution in [0, 0.1) is 0 Å². The van der Waals surface area contributed by atoms with Crippen LogP contribution in [0.25, 0.3) is 0 Å². The lowest BCUT2D eigenvalue weighted by Gasteiger charge is -2.04. The molecule has 0 bridgehead atoms. The molecule has 0 spiro atoms. The van der Waals surface area contributed by atoms with Crippen molar-refractivity contribution in [3.63, 3.8) is 0 Å². The van der Waals surface area contributed by atoms with Crippen LogP contribution in [-0.2, 0) is 4.79 Å². The quantitative estimate of drug-likeness (QED) is 0.576. The third-order valence-corrected chi connectivity index (χ3v) is 1.14. The van der Waals surface area contributed by atoms with Crippen molar-refractivity contribution in [2.45, 2.75) is 26.4 Å². The summed E-state index contributed by atoms with van der Waals surface area (Å²) >= 11 is 0. The third kappa shape index (κ3) is 4.58. The summed E-state index contributed by atoms with van der Waals surface area (Å²) in [5.74, 6) is -0.270. The fraction of sp³-hybridized carbons (Fsp3) is 0.571. The van der Waals surface area contributed by atoms with Gasteiger partial charge in [-0.15, -0.1) is 0 Å². The Kier molecular flexibility index (Phi) is 3.29. The van der Waals surface area contributed by atoms with E-state index in [1.54, 1.807) is 0 Å². The minimum Gasteiger partial charge on any atom is -0.300 e. The number of allylic oxidation sites excluding steroid dienone is 2. The van der Waals surface area contributed by atoms with Crippen molar-refractivity contribution in [3.8, 4) is 0 Å². The molecule has 0 rings (SSSR count). The molecule has 0 saturated carbocycles. The van der Waals surface area contributed by atoms with Gasteiger partial charge in [-0.1, -0.05) is 6.08 Å². The van der Waals surface area contributed by atoms with Crippen molar-refractivity contribution in [1.29, 1.82) is 0 Å². The molecular weight excluding hydrogens is 157 g/mol. The van der Waals surface area contributed by atoms with Gasteiger partial charge in [0.25, 0.3) is 0 Å². The molecule has 64 valence electrons. The van der Waals surface area contributed by atoms with Crippen LogP contribution in [0.5, 0.6) is 0 Å². The minimum atomic E-state index is -4.30. The highest BCUT2D eigenvalue weighted by molar-refractivity contribution is 5.77. The molecule has 0 aromatic rings. The van der Waals surface area contributed by atoms with Crippen molar-refractivity contribution in [2.24, 2.45) is 0 Å². The summed E-state index contributed by atoms with van der Waals surface area (Å²) in [5.41, 5.74) is -0.715. The SMILES string of the molecule is CC(=O)CC=C(C)C(F)(F)F. The van der Waals surface area contributed by atoms with Crippen molar-refractivity contribution in [1.82, 2.24) is 0 Å². The molecule has 0 N–H and O–H groups in total. The largest absolute Gasteiger partial charge is 0.412 e. The van der Waals surface area contributed by atoms with E-state index >= 15 is 0 Å². The molecule has 0 aromatic carbocycles. The van der Waals surface area contributed by atoms with Crippen LogP contribution in [0.2, 0.25) is 0 Å². The van der Waals surface area contributed by atoms with Gasteiger partial charge in [0.1, 0.15) is 5.78 Å². The van der Waals surface area contributed by atoms with Crippen molar-refractivity contribution < 1.29 is 18.0 Å². The van der Waals surface area contributed by atoms with Crippen LogP contribution in [0.3, 0.4) is 0 Å². The highest BCUT2D eigenvalue weighted by atomic mass is 19.4. The number of alkyl halides is 3. The lowest BCUT2D eigenvalue weighted by molar-refractivity contribution is -0.116. The lowest BCUT2D eigenvalue weighted by atomic mass is 10.2. The highest BCUT2D eigenvalue weighted by Crippen LogP contribution is 2.24. The Morgan fingerprint density at radius 1 is 1.36 bits per heavy atom. The Morgan fingerprint density at radius 3 is 2.09 bits per heavy atom. The first kappa shape index (κ1) is 10.2. The van der Waals surface area contributed by atoms with E-state index < -0.39 is 11.7 Å². The number of rotatable bonds is 2. The second-order valence-electron chi connectivity index (χ2n) is 2.29. The Bertz CT molecular complexity index is 179. The molecule has 0 aliphatic heterocycles. The summed E-state index contributed by atoms with van der Waals surface area (Å²) in [6.45, 7) is 2.20. The third-order valence-electron chi connectivity index (χ3n) is 1.14. The normalized spacial score (nSPS) is 13.4. The maximum atomic E-state index is 11.7. The summed E-state index contributed by atoms with van der Waals surface area (Å²) in [4.78, 5) is 10.3. The van der Waals surface area contributed by atoms with Crippen LogP contribution >= 0.6 is 0 Å². The van der Waals surface area contributed by atoms with Gasteiger partial charge in [-0.2, -0.15) is 13.2 Å². The average Bonchev–Trinajstić information content (AvgIpc) is 1.80. The van der Waals surface area contributed by atoms with Crippen molar-refractivity contribution in [3.05, 3.63) is 11.6 Å². The van der Waals surface area contributed by atoms with E-state index in [2.05, 4.69) is 0 Å². The zero-order valence-electron chi connectivity index (χ0n) is 6.33. The molecule has 0 aromatic heterocycles. The van der Waals surface area contributed by atoms with E-state index in [-0.39, 0.29) is 12.2 Å². The lowest BCUT2D eigenvalue weighted by Crippen LogP contribution is -2.09. The van der Waals surface area contributed by atoms with Gasteiger partial charge in [-0.25, -0.2) is 0 Å². The topological polar surface area (TPSA) is 17.1 Å². The second kappa shape index (κ2) is 3.55. The summed E-state index contributed by atoms with van der Waals surface area (Å²) in [7, 11) is 0. The number of Topliss-reactive ketones (excluding diaryl/α,β-unsaturated/α-hetero) is 1. The molecule has 4 heteroatoms.